The van der Waals surface area contributed by atoms with Gasteiger partial charge in [0.2, 0.25) is 0 Å². The van der Waals surface area contributed by atoms with Gasteiger partial charge in [0.05, 0.1) is 4.47 Å². The molecule has 2 nitrogen and oxygen atoms in total. The van der Waals surface area contributed by atoms with Crippen molar-refractivity contribution in [3.8, 4) is 11.3 Å². The minimum atomic E-state index is -0.265. The number of hydrogen-bond donors (Lipinski definition) is 1. The maximum Gasteiger partial charge on any atom is 0.137 e. The van der Waals surface area contributed by atoms with Gasteiger partial charge in [0, 0.05) is 18.0 Å². The first-order chi connectivity index (χ1) is 8.47. The van der Waals surface area contributed by atoms with Gasteiger partial charge < -0.3 is 10.2 Å². The van der Waals surface area contributed by atoms with E-state index in [0.717, 1.165) is 22.6 Å². The summed E-state index contributed by atoms with van der Waals surface area (Å²) in [5.41, 5.74) is 7.46. The van der Waals surface area contributed by atoms with Crippen LogP contribution in [0.2, 0.25) is 0 Å². The smallest absolute Gasteiger partial charge is 0.137 e. The fourth-order valence-corrected chi connectivity index (χ4v) is 2.20. The highest BCUT2D eigenvalue weighted by Crippen LogP contribution is 2.30. The summed E-state index contributed by atoms with van der Waals surface area (Å²) < 4.78 is 19.5. The number of rotatable bonds is 3. The zero-order valence-electron chi connectivity index (χ0n) is 10.3. The van der Waals surface area contributed by atoms with Crippen molar-refractivity contribution in [1.82, 2.24) is 0 Å². The first kappa shape index (κ1) is 13.3. The van der Waals surface area contributed by atoms with Crippen molar-refractivity contribution in [2.24, 2.45) is 5.73 Å². The molecule has 0 radical (unpaired) electrons. The molecule has 0 bridgehead atoms. The third kappa shape index (κ3) is 2.82. The SMILES string of the molecule is Cc1cc(F)c(Br)cc1-c1ccc(CC(C)N)o1. The highest BCUT2D eigenvalue weighted by Gasteiger charge is 2.11. The van der Waals surface area contributed by atoms with Crippen molar-refractivity contribution >= 4 is 15.9 Å². The van der Waals surface area contributed by atoms with Gasteiger partial charge in [-0.3, -0.25) is 0 Å². The first-order valence-corrected chi connectivity index (χ1v) is 6.57. The van der Waals surface area contributed by atoms with Gasteiger partial charge in [-0.2, -0.15) is 0 Å². The molecule has 0 aliphatic carbocycles. The fraction of sp³-hybridized carbons (Fsp3) is 0.286. The molecule has 0 aliphatic heterocycles. The number of hydrogen-bond acceptors (Lipinski definition) is 2. The Morgan fingerprint density at radius 2 is 2.11 bits per heavy atom. The highest BCUT2D eigenvalue weighted by atomic mass is 79.9. The van der Waals surface area contributed by atoms with Gasteiger partial charge in [-0.05, 0) is 59.6 Å². The molecule has 18 heavy (non-hydrogen) atoms. The van der Waals surface area contributed by atoms with Crippen molar-refractivity contribution in [2.45, 2.75) is 26.3 Å². The van der Waals surface area contributed by atoms with Crippen molar-refractivity contribution in [3.05, 3.63) is 45.9 Å². The van der Waals surface area contributed by atoms with E-state index in [4.69, 9.17) is 10.2 Å². The number of nitrogens with two attached hydrogens (primary N) is 1. The second kappa shape index (κ2) is 5.24. The summed E-state index contributed by atoms with van der Waals surface area (Å²) in [7, 11) is 0. The van der Waals surface area contributed by atoms with Gasteiger partial charge in [-0.15, -0.1) is 0 Å². The summed E-state index contributed by atoms with van der Waals surface area (Å²) >= 11 is 3.19. The average molecular weight is 312 g/mol. The molecular formula is C14H15BrFNO. The molecule has 0 saturated heterocycles. The van der Waals surface area contributed by atoms with Crippen molar-refractivity contribution in [3.63, 3.8) is 0 Å². The zero-order valence-corrected chi connectivity index (χ0v) is 11.9. The summed E-state index contributed by atoms with van der Waals surface area (Å²) in [5, 5.41) is 0. The van der Waals surface area contributed by atoms with E-state index in [1.165, 1.54) is 6.07 Å². The van der Waals surface area contributed by atoms with Gasteiger partial charge in [-0.25, -0.2) is 4.39 Å². The first-order valence-electron chi connectivity index (χ1n) is 5.77. The molecule has 1 unspecified atom stereocenters. The molecule has 0 spiro atoms. The van der Waals surface area contributed by atoms with Crippen LogP contribution in [-0.4, -0.2) is 6.04 Å². The Hall–Kier alpha value is -1.13. The van der Waals surface area contributed by atoms with Gasteiger partial charge in [0.1, 0.15) is 17.3 Å². The van der Waals surface area contributed by atoms with E-state index in [1.807, 2.05) is 26.0 Å². The maximum atomic E-state index is 13.4. The minimum Gasteiger partial charge on any atom is -0.461 e. The Balaban J connectivity index is 2.37. The summed E-state index contributed by atoms with van der Waals surface area (Å²) in [6.45, 7) is 3.79. The monoisotopic (exact) mass is 311 g/mol. The predicted molar refractivity (Wildman–Crippen MR) is 73.9 cm³/mol. The number of furan rings is 1. The van der Waals surface area contributed by atoms with Crippen LogP contribution in [0.25, 0.3) is 11.3 Å². The van der Waals surface area contributed by atoms with Crippen LogP contribution in [-0.2, 0) is 6.42 Å². The van der Waals surface area contributed by atoms with E-state index >= 15 is 0 Å². The molecule has 1 aromatic heterocycles. The molecule has 0 amide bonds. The van der Waals surface area contributed by atoms with E-state index in [2.05, 4.69) is 15.9 Å². The second-order valence-corrected chi connectivity index (χ2v) is 5.38. The lowest BCUT2D eigenvalue weighted by molar-refractivity contribution is 0.503. The lowest BCUT2D eigenvalue weighted by Crippen LogP contribution is -2.17. The van der Waals surface area contributed by atoms with Crippen LogP contribution in [0.4, 0.5) is 4.39 Å². The van der Waals surface area contributed by atoms with Crippen LogP contribution < -0.4 is 5.73 Å². The maximum absolute atomic E-state index is 13.4. The van der Waals surface area contributed by atoms with Crippen molar-refractivity contribution in [2.75, 3.05) is 0 Å². The molecule has 2 aromatic rings. The molecule has 0 fully saturated rings. The Morgan fingerprint density at radius 1 is 1.39 bits per heavy atom. The van der Waals surface area contributed by atoms with Gasteiger partial charge in [0.25, 0.3) is 0 Å². The molecule has 1 aromatic carbocycles. The largest absolute Gasteiger partial charge is 0.461 e. The Kier molecular flexibility index (Phi) is 3.88. The number of benzene rings is 1. The molecular weight excluding hydrogens is 297 g/mol. The fourth-order valence-electron chi connectivity index (χ4n) is 1.86. The predicted octanol–water partition coefficient (Wildman–Crippen LogP) is 4.05. The lowest BCUT2D eigenvalue weighted by Gasteiger charge is -2.05. The van der Waals surface area contributed by atoms with Crippen LogP contribution in [0, 0.1) is 12.7 Å². The molecule has 0 aliphatic rings. The summed E-state index contributed by atoms with van der Waals surface area (Å²) in [6, 6.07) is 7.09. The van der Waals surface area contributed by atoms with E-state index in [1.54, 1.807) is 6.07 Å². The van der Waals surface area contributed by atoms with Crippen LogP contribution in [0.5, 0.6) is 0 Å². The molecule has 0 saturated carbocycles. The summed E-state index contributed by atoms with van der Waals surface area (Å²) in [4.78, 5) is 0. The van der Waals surface area contributed by atoms with Gasteiger partial charge >= 0.3 is 0 Å². The molecule has 1 atom stereocenters. The standard InChI is InChI=1S/C14H15BrFNO/c1-8-5-13(16)12(15)7-11(8)14-4-3-10(18-14)6-9(2)17/h3-5,7,9H,6,17H2,1-2H3. The Labute approximate surface area is 114 Å². The normalized spacial score (nSPS) is 12.7. The Morgan fingerprint density at radius 3 is 2.78 bits per heavy atom. The zero-order chi connectivity index (χ0) is 13.3. The van der Waals surface area contributed by atoms with Crippen molar-refractivity contribution in [1.29, 1.82) is 0 Å². The second-order valence-electron chi connectivity index (χ2n) is 4.53. The third-order valence-electron chi connectivity index (χ3n) is 2.72. The lowest BCUT2D eigenvalue weighted by atomic mass is 10.1. The topological polar surface area (TPSA) is 39.2 Å². The van der Waals surface area contributed by atoms with E-state index in [-0.39, 0.29) is 11.9 Å². The van der Waals surface area contributed by atoms with Crippen LogP contribution in [0.1, 0.15) is 18.2 Å². The quantitative estimate of drug-likeness (QED) is 0.929. The third-order valence-corrected chi connectivity index (χ3v) is 3.33. The van der Waals surface area contributed by atoms with Gasteiger partial charge in [0.15, 0.2) is 0 Å². The van der Waals surface area contributed by atoms with E-state index in [9.17, 15) is 4.39 Å². The number of halogens is 2. The minimum absolute atomic E-state index is 0.0602. The number of aryl methyl sites for hydroxylation is 1. The molecule has 2 N–H and O–H groups in total. The molecule has 2 rings (SSSR count). The highest BCUT2D eigenvalue weighted by molar-refractivity contribution is 9.10. The van der Waals surface area contributed by atoms with Crippen LogP contribution >= 0.6 is 15.9 Å². The van der Waals surface area contributed by atoms with Crippen LogP contribution in [0.3, 0.4) is 0 Å². The van der Waals surface area contributed by atoms with E-state index in [0.29, 0.717) is 10.9 Å². The summed E-state index contributed by atoms with van der Waals surface area (Å²) in [6.07, 6.45) is 0.696. The van der Waals surface area contributed by atoms with E-state index < -0.39 is 0 Å². The van der Waals surface area contributed by atoms with Crippen LogP contribution in [0.15, 0.2) is 33.2 Å². The Bertz CT molecular complexity index is 563. The van der Waals surface area contributed by atoms with Gasteiger partial charge in [-0.1, -0.05) is 0 Å². The molecule has 4 heteroatoms. The summed E-state index contributed by atoms with van der Waals surface area (Å²) in [5.74, 6) is 1.32. The molecule has 1 heterocycles. The average Bonchev–Trinajstić information content (AvgIpc) is 2.70. The van der Waals surface area contributed by atoms with Crippen molar-refractivity contribution < 1.29 is 8.81 Å². The molecule has 96 valence electrons.